The number of carbonyl (C=O) groups excluding carboxylic acids is 2. The van der Waals surface area contributed by atoms with Crippen molar-refractivity contribution in [2.75, 3.05) is 13.7 Å². The second-order valence-electron chi connectivity index (χ2n) is 10.4. The van der Waals surface area contributed by atoms with Crippen LogP contribution in [0.3, 0.4) is 0 Å². The van der Waals surface area contributed by atoms with Gasteiger partial charge >= 0.3 is 5.97 Å². The number of esters is 1. The molecule has 0 spiro atoms. The summed E-state index contributed by atoms with van der Waals surface area (Å²) in [4.78, 5) is 30.0. The minimum absolute atomic E-state index is 0.137. The summed E-state index contributed by atoms with van der Waals surface area (Å²) in [5.74, 6) is 0.391. The van der Waals surface area contributed by atoms with Gasteiger partial charge in [0.15, 0.2) is 5.78 Å². The zero-order chi connectivity index (χ0) is 28.1. The molecule has 0 aromatic heterocycles. The molecule has 6 nitrogen and oxygen atoms in total. The number of ether oxygens (including phenoxy) is 2. The Morgan fingerprint density at radius 1 is 1.14 bits per heavy atom. The first kappa shape index (κ1) is 32.5. The van der Waals surface area contributed by atoms with Gasteiger partial charge < -0.3 is 14.8 Å². The van der Waals surface area contributed by atoms with Gasteiger partial charge in [0.25, 0.3) is 0 Å². The molecule has 206 valence electrons. The molecule has 0 aliphatic heterocycles. The molecule has 1 rings (SSSR count). The highest BCUT2D eigenvalue weighted by molar-refractivity contribution is 6.07. The van der Waals surface area contributed by atoms with E-state index < -0.39 is 6.04 Å². The molecule has 0 saturated heterocycles. The molecule has 0 saturated carbocycles. The van der Waals surface area contributed by atoms with Gasteiger partial charge in [0.2, 0.25) is 0 Å². The van der Waals surface area contributed by atoms with E-state index in [1.165, 1.54) is 0 Å². The number of aliphatic imine (C=N–C) groups is 1. The van der Waals surface area contributed by atoms with Crippen molar-refractivity contribution < 1.29 is 19.1 Å². The van der Waals surface area contributed by atoms with E-state index in [-0.39, 0.29) is 23.8 Å². The van der Waals surface area contributed by atoms with Crippen LogP contribution in [0.2, 0.25) is 0 Å². The smallest absolute Gasteiger partial charge is 0.323 e. The molecule has 2 unspecified atom stereocenters. The summed E-state index contributed by atoms with van der Waals surface area (Å²) in [7, 11) is 1.60. The highest BCUT2D eigenvalue weighted by Crippen LogP contribution is 2.25. The van der Waals surface area contributed by atoms with Crippen LogP contribution in [-0.4, -0.2) is 43.3 Å². The van der Waals surface area contributed by atoms with Gasteiger partial charge in [-0.3, -0.25) is 14.6 Å². The molecule has 1 aromatic carbocycles. The Kier molecular flexibility index (Phi) is 14.3. The van der Waals surface area contributed by atoms with Crippen LogP contribution in [-0.2, 0) is 25.6 Å². The lowest BCUT2D eigenvalue weighted by atomic mass is 9.96. The number of aryl methyl sites for hydroxylation is 1. The first-order valence-corrected chi connectivity index (χ1v) is 13.4. The predicted octanol–water partition coefficient (Wildman–Crippen LogP) is 6.68. The Morgan fingerprint density at radius 3 is 2.35 bits per heavy atom. The third kappa shape index (κ3) is 11.1. The molecule has 0 aliphatic rings. The van der Waals surface area contributed by atoms with Gasteiger partial charge in [0, 0.05) is 20.1 Å². The molecule has 0 bridgehead atoms. The molecule has 0 fully saturated rings. The summed E-state index contributed by atoms with van der Waals surface area (Å²) in [5.41, 5.74) is 5.62. The van der Waals surface area contributed by atoms with E-state index in [1.807, 2.05) is 46.8 Å². The molecule has 0 amide bonds. The van der Waals surface area contributed by atoms with Crippen LogP contribution in [0.4, 0.5) is 5.69 Å². The molecule has 0 radical (unpaired) electrons. The van der Waals surface area contributed by atoms with Crippen molar-refractivity contribution in [3.63, 3.8) is 0 Å². The largest absolute Gasteiger partial charge is 0.459 e. The number of Topliss-reactive ketones (excluding diaryl/α,β-unsaturated/α-hetero) is 1. The lowest BCUT2D eigenvalue weighted by Crippen LogP contribution is -2.40. The van der Waals surface area contributed by atoms with E-state index in [2.05, 4.69) is 51.2 Å². The zero-order valence-electron chi connectivity index (χ0n) is 24.6. The second kappa shape index (κ2) is 16.3. The standard InChI is InChI=1S/C31H48N2O4/c1-11-26(16-23(8)29(34)12-2)30(21(5)6)33-27-17-25(14-13-22(27)7)18-32-28(15-20(3)4)31(35)37-24(9)19-36-10/h11,13-14,16-17,20-21,24,28,32H,12,15,18-19H2,1-10H3/b23-16-,26-11+,33-30?. The highest BCUT2D eigenvalue weighted by Gasteiger charge is 2.23. The minimum atomic E-state index is -0.405. The second-order valence-corrected chi connectivity index (χ2v) is 10.4. The van der Waals surface area contributed by atoms with E-state index >= 15 is 0 Å². The minimum Gasteiger partial charge on any atom is -0.459 e. The third-order valence-electron chi connectivity index (χ3n) is 6.06. The number of nitrogens with zero attached hydrogens (tertiary/aromatic N) is 1. The SMILES string of the molecule is C/C=C(\C=C(\C)C(=O)CC)C(=Nc1cc(CNC(CC(C)C)C(=O)OC(C)COC)ccc1C)C(C)C. The Labute approximate surface area is 224 Å². The molecule has 0 heterocycles. The quantitative estimate of drug-likeness (QED) is 0.123. The molecule has 2 atom stereocenters. The van der Waals surface area contributed by atoms with Crippen molar-refractivity contribution in [2.45, 2.75) is 93.8 Å². The lowest BCUT2D eigenvalue weighted by Gasteiger charge is -2.22. The first-order chi connectivity index (χ1) is 17.4. The van der Waals surface area contributed by atoms with Crippen molar-refractivity contribution in [1.29, 1.82) is 0 Å². The Balaban J connectivity index is 3.22. The van der Waals surface area contributed by atoms with Crippen LogP contribution in [0.25, 0.3) is 0 Å². The van der Waals surface area contributed by atoms with E-state index in [9.17, 15) is 9.59 Å². The number of carbonyl (C=O) groups is 2. The maximum Gasteiger partial charge on any atom is 0.323 e. The Bertz CT molecular complexity index is 989. The fraction of sp³-hybridized carbons (Fsp3) is 0.581. The van der Waals surface area contributed by atoms with Gasteiger partial charge in [0.05, 0.1) is 18.0 Å². The molecular weight excluding hydrogens is 464 g/mol. The highest BCUT2D eigenvalue weighted by atomic mass is 16.6. The number of ketones is 1. The predicted molar refractivity (Wildman–Crippen MR) is 153 cm³/mol. The fourth-order valence-corrected chi connectivity index (χ4v) is 3.96. The summed E-state index contributed by atoms with van der Waals surface area (Å²) in [6, 6.07) is 5.78. The molecule has 1 aromatic rings. The van der Waals surface area contributed by atoms with Crippen LogP contribution in [0.5, 0.6) is 0 Å². The molecular formula is C31H48N2O4. The maximum absolute atomic E-state index is 12.8. The van der Waals surface area contributed by atoms with Crippen LogP contribution in [0.15, 0.2) is 46.5 Å². The topological polar surface area (TPSA) is 77.0 Å². The molecule has 1 N–H and O–H groups in total. The number of allylic oxidation sites excluding steroid dienone is 4. The molecule has 37 heavy (non-hydrogen) atoms. The van der Waals surface area contributed by atoms with Crippen molar-refractivity contribution in [3.05, 3.63) is 52.6 Å². The summed E-state index contributed by atoms with van der Waals surface area (Å²) in [6.07, 6.45) is 4.82. The van der Waals surface area contributed by atoms with Crippen molar-refractivity contribution in [3.8, 4) is 0 Å². The summed E-state index contributed by atoms with van der Waals surface area (Å²) < 4.78 is 10.7. The average molecular weight is 513 g/mol. The van der Waals surface area contributed by atoms with E-state index in [1.54, 1.807) is 7.11 Å². The van der Waals surface area contributed by atoms with Crippen LogP contribution >= 0.6 is 0 Å². The van der Waals surface area contributed by atoms with Crippen molar-refractivity contribution in [1.82, 2.24) is 5.32 Å². The Morgan fingerprint density at radius 2 is 1.81 bits per heavy atom. The van der Waals surface area contributed by atoms with Gasteiger partial charge in [-0.25, -0.2) is 0 Å². The van der Waals surface area contributed by atoms with Crippen LogP contribution in [0.1, 0.15) is 79.4 Å². The zero-order valence-corrected chi connectivity index (χ0v) is 24.6. The van der Waals surface area contributed by atoms with Gasteiger partial charge in [0.1, 0.15) is 12.1 Å². The number of rotatable bonds is 15. The van der Waals surface area contributed by atoms with Crippen LogP contribution < -0.4 is 5.32 Å². The summed E-state index contributed by atoms with van der Waals surface area (Å²) in [6.45, 7) is 18.9. The first-order valence-electron chi connectivity index (χ1n) is 13.4. The van der Waals surface area contributed by atoms with Crippen LogP contribution in [0, 0.1) is 18.8 Å². The van der Waals surface area contributed by atoms with E-state index in [0.717, 1.165) is 33.7 Å². The normalized spacial score (nSPS) is 14.8. The number of nitrogens with one attached hydrogen (secondary N) is 1. The number of methoxy groups -OCH3 is 1. The summed E-state index contributed by atoms with van der Waals surface area (Å²) >= 11 is 0. The number of benzene rings is 1. The van der Waals surface area contributed by atoms with Gasteiger partial charge in [-0.15, -0.1) is 0 Å². The van der Waals surface area contributed by atoms with Gasteiger partial charge in [-0.05, 0) is 80.4 Å². The van der Waals surface area contributed by atoms with E-state index in [0.29, 0.717) is 31.9 Å². The number of hydrogen-bond donors (Lipinski definition) is 1. The van der Waals surface area contributed by atoms with E-state index in [4.69, 9.17) is 14.5 Å². The molecule has 0 aliphatic carbocycles. The Hall–Kier alpha value is -2.57. The van der Waals surface area contributed by atoms with Crippen molar-refractivity contribution in [2.24, 2.45) is 16.8 Å². The van der Waals surface area contributed by atoms with Gasteiger partial charge in [-0.1, -0.05) is 52.8 Å². The average Bonchev–Trinajstić information content (AvgIpc) is 2.84. The summed E-state index contributed by atoms with van der Waals surface area (Å²) in [5, 5.41) is 3.39. The lowest BCUT2D eigenvalue weighted by molar-refractivity contribution is -0.153. The maximum atomic E-state index is 12.8. The number of hydrogen-bond acceptors (Lipinski definition) is 6. The third-order valence-corrected chi connectivity index (χ3v) is 6.06. The fourth-order valence-electron chi connectivity index (χ4n) is 3.96. The monoisotopic (exact) mass is 512 g/mol. The molecule has 6 heteroatoms. The van der Waals surface area contributed by atoms with Crippen molar-refractivity contribution >= 4 is 23.2 Å². The van der Waals surface area contributed by atoms with Gasteiger partial charge in [-0.2, -0.15) is 0 Å².